The lowest BCUT2D eigenvalue weighted by Crippen LogP contribution is -2.44. The minimum Gasteiger partial charge on any atom is -0.377 e. The number of nitrogens with one attached hydrogen (secondary N) is 2. The number of rotatable bonds is 7. The molecule has 2 fully saturated rings. The van der Waals surface area contributed by atoms with Crippen LogP contribution in [0, 0.1) is 5.92 Å². The Morgan fingerprint density at radius 3 is 2.58 bits per heavy atom. The van der Waals surface area contributed by atoms with E-state index < -0.39 is 0 Å². The van der Waals surface area contributed by atoms with Crippen molar-refractivity contribution in [3.63, 3.8) is 0 Å². The zero-order chi connectivity index (χ0) is 22.8. The summed E-state index contributed by atoms with van der Waals surface area (Å²) in [6.45, 7) is 0.304. The molecule has 1 aromatic carbocycles. The van der Waals surface area contributed by atoms with Gasteiger partial charge < -0.3 is 15.4 Å². The van der Waals surface area contributed by atoms with Gasteiger partial charge in [0.25, 0.3) is 0 Å². The Labute approximate surface area is 198 Å². The van der Waals surface area contributed by atoms with E-state index in [0.717, 1.165) is 55.4 Å². The first-order valence-electron chi connectivity index (χ1n) is 11.7. The molecule has 2 aliphatic rings. The smallest absolute Gasteiger partial charge is 0.223 e. The second-order valence-corrected chi connectivity index (χ2v) is 9.40. The summed E-state index contributed by atoms with van der Waals surface area (Å²) in [4.78, 5) is 21.7. The van der Waals surface area contributed by atoms with Crippen molar-refractivity contribution in [2.45, 2.75) is 63.6 Å². The Bertz CT molecular complexity index is 1140. The fourth-order valence-corrected chi connectivity index (χ4v) is 4.84. The maximum atomic E-state index is 12.3. The molecule has 2 N–H and O–H groups in total. The average Bonchev–Trinajstić information content (AvgIpc) is 3.18. The Balaban J connectivity index is 1.34. The first kappa shape index (κ1) is 22.1. The van der Waals surface area contributed by atoms with Crippen LogP contribution in [0.3, 0.4) is 0 Å². The fraction of sp³-hybridized carbons (Fsp3) is 0.500. The van der Waals surface area contributed by atoms with Crippen molar-refractivity contribution in [3.8, 4) is 5.69 Å². The molecule has 33 heavy (non-hydrogen) atoms. The summed E-state index contributed by atoms with van der Waals surface area (Å²) in [5.41, 5.74) is 1.46. The number of hydrogen-bond acceptors (Lipinski definition) is 6. The van der Waals surface area contributed by atoms with Gasteiger partial charge in [-0.3, -0.25) is 4.79 Å². The molecule has 0 bridgehead atoms. The summed E-state index contributed by atoms with van der Waals surface area (Å²) in [6.07, 6.45) is 8.92. The van der Waals surface area contributed by atoms with E-state index in [1.165, 1.54) is 6.42 Å². The molecule has 2 saturated carbocycles. The van der Waals surface area contributed by atoms with Gasteiger partial charge in [0.05, 0.1) is 22.3 Å². The van der Waals surface area contributed by atoms with Gasteiger partial charge in [0.15, 0.2) is 11.5 Å². The molecule has 2 aromatic heterocycles. The van der Waals surface area contributed by atoms with E-state index in [1.54, 1.807) is 18.0 Å². The Morgan fingerprint density at radius 2 is 1.88 bits per heavy atom. The molecular formula is C24H29ClN6O2. The van der Waals surface area contributed by atoms with Crippen LogP contribution in [-0.4, -0.2) is 44.8 Å². The summed E-state index contributed by atoms with van der Waals surface area (Å²) < 4.78 is 7.05. The van der Waals surface area contributed by atoms with Gasteiger partial charge in [-0.1, -0.05) is 30.2 Å². The third-order valence-corrected chi connectivity index (χ3v) is 7.04. The molecule has 0 aliphatic heterocycles. The van der Waals surface area contributed by atoms with Crippen LogP contribution in [0.15, 0.2) is 30.5 Å². The maximum absolute atomic E-state index is 12.3. The molecular weight excluding hydrogens is 440 g/mol. The van der Waals surface area contributed by atoms with Crippen LogP contribution in [0.5, 0.6) is 0 Å². The van der Waals surface area contributed by atoms with E-state index in [0.29, 0.717) is 23.1 Å². The van der Waals surface area contributed by atoms with Crippen LogP contribution in [0.2, 0.25) is 5.02 Å². The van der Waals surface area contributed by atoms with Crippen LogP contribution in [0.1, 0.15) is 50.8 Å². The summed E-state index contributed by atoms with van der Waals surface area (Å²) >= 11 is 6.42. The van der Waals surface area contributed by atoms with E-state index in [1.807, 2.05) is 24.3 Å². The minimum atomic E-state index is 0.240. The predicted molar refractivity (Wildman–Crippen MR) is 128 cm³/mol. The molecule has 174 valence electrons. The highest BCUT2D eigenvalue weighted by molar-refractivity contribution is 6.32. The lowest BCUT2D eigenvalue weighted by molar-refractivity contribution is -0.128. The minimum absolute atomic E-state index is 0.240. The van der Waals surface area contributed by atoms with Crippen LogP contribution in [0.25, 0.3) is 16.7 Å². The Morgan fingerprint density at radius 1 is 1.12 bits per heavy atom. The van der Waals surface area contributed by atoms with Crippen molar-refractivity contribution >= 4 is 34.4 Å². The van der Waals surface area contributed by atoms with Gasteiger partial charge in [0, 0.05) is 25.1 Å². The largest absolute Gasteiger partial charge is 0.377 e. The quantitative estimate of drug-likeness (QED) is 0.538. The Hall–Kier alpha value is -2.71. The number of ether oxygens (including phenoxy) is 1. The molecule has 0 atom stereocenters. The van der Waals surface area contributed by atoms with Crippen LogP contribution in [-0.2, 0) is 16.1 Å². The summed E-state index contributed by atoms with van der Waals surface area (Å²) in [5, 5.41) is 12.9. The number of carbonyl (C=O) groups excluding carboxylic acids is 1. The maximum Gasteiger partial charge on any atom is 0.223 e. The number of methoxy groups -OCH3 is 1. The number of nitrogens with zero attached hydrogens (tertiary/aromatic N) is 4. The van der Waals surface area contributed by atoms with Gasteiger partial charge in [0.1, 0.15) is 12.4 Å². The zero-order valence-electron chi connectivity index (χ0n) is 18.8. The number of para-hydroxylation sites is 1. The van der Waals surface area contributed by atoms with E-state index in [2.05, 4.69) is 20.7 Å². The van der Waals surface area contributed by atoms with E-state index >= 15 is 0 Å². The van der Waals surface area contributed by atoms with Crippen molar-refractivity contribution in [1.82, 2.24) is 25.1 Å². The third kappa shape index (κ3) is 4.68. The van der Waals surface area contributed by atoms with Crippen LogP contribution >= 0.6 is 11.6 Å². The molecule has 2 aliphatic carbocycles. The number of anilines is 1. The molecule has 3 aromatic rings. The van der Waals surface area contributed by atoms with Gasteiger partial charge in [-0.05, 0) is 50.7 Å². The van der Waals surface area contributed by atoms with Crippen molar-refractivity contribution in [1.29, 1.82) is 0 Å². The van der Waals surface area contributed by atoms with Crippen molar-refractivity contribution in [3.05, 3.63) is 41.3 Å². The highest BCUT2D eigenvalue weighted by Crippen LogP contribution is 2.30. The number of benzene rings is 1. The lowest BCUT2D eigenvalue weighted by Gasteiger charge is -2.32. The van der Waals surface area contributed by atoms with Gasteiger partial charge in [-0.25, -0.2) is 14.6 Å². The monoisotopic (exact) mass is 468 g/mol. The second-order valence-electron chi connectivity index (χ2n) is 9.00. The lowest BCUT2D eigenvalue weighted by atomic mass is 9.84. The van der Waals surface area contributed by atoms with Crippen molar-refractivity contribution < 1.29 is 9.53 Å². The molecule has 8 nitrogen and oxygen atoms in total. The first-order chi connectivity index (χ1) is 16.1. The van der Waals surface area contributed by atoms with Gasteiger partial charge in [-0.15, -0.1) is 0 Å². The molecule has 0 radical (unpaired) electrons. The second kappa shape index (κ2) is 9.65. The van der Waals surface area contributed by atoms with Crippen LogP contribution < -0.4 is 10.6 Å². The summed E-state index contributed by atoms with van der Waals surface area (Å²) in [6, 6.07) is 8.11. The molecule has 5 rings (SSSR count). The Kier molecular flexibility index (Phi) is 6.46. The van der Waals surface area contributed by atoms with E-state index in [9.17, 15) is 4.79 Å². The first-order valence-corrected chi connectivity index (χ1v) is 12.1. The number of carbonyl (C=O) groups is 1. The molecule has 0 spiro atoms. The van der Waals surface area contributed by atoms with Crippen molar-refractivity contribution in [2.24, 2.45) is 5.92 Å². The number of aromatic nitrogens is 4. The number of hydrogen-bond donors (Lipinski definition) is 2. The molecule has 2 heterocycles. The number of halogens is 1. The number of amides is 1. The van der Waals surface area contributed by atoms with Crippen molar-refractivity contribution in [2.75, 3.05) is 12.4 Å². The third-order valence-electron chi connectivity index (χ3n) is 6.72. The fourth-order valence-electron chi connectivity index (χ4n) is 4.62. The predicted octanol–water partition coefficient (Wildman–Crippen LogP) is 4.25. The summed E-state index contributed by atoms with van der Waals surface area (Å²) in [5.74, 6) is 1.82. The summed E-state index contributed by atoms with van der Waals surface area (Å²) in [7, 11) is 1.63. The standard InChI is InChI=1S/C24H29ClN6O2/c1-33-14-21-29-22(18-13-26-31(23(18)30-21)20-8-3-2-7-19(20)25)27-16-9-11-17(12-10-16)28-24(32)15-5-4-6-15/h2-3,7-8,13,15-17H,4-6,9-12,14H2,1H3,(H,28,32)(H,27,29,30). The number of fused-ring (bicyclic) bond motifs is 1. The molecule has 0 unspecified atom stereocenters. The normalized spacial score (nSPS) is 21.0. The molecule has 0 saturated heterocycles. The zero-order valence-corrected chi connectivity index (χ0v) is 19.5. The van der Waals surface area contributed by atoms with E-state index in [-0.39, 0.29) is 23.9 Å². The highest BCUT2D eigenvalue weighted by atomic mass is 35.5. The molecule has 1 amide bonds. The highest BCUT2D eigenvalue weighted by Gasteiger charge is 2.29. The molecule has 9 heteroatoms. The topological polar surface area (TPSA) is 94.0 Å². The van der Waals surface area contributed by atoms with Gasteiger partial charge >= 0.3 is 0 Å². The van der Waals surface area contributed by atoms with Crippen LogP contribution in [0.4, 0.5) is 5.82 Å². The van der Waals surface area contributed by atoms with E-state index in [4.69, 9.17) is 21.3 Å². The average molecular weight is 469 g/mol. The van der Waals surface area contributed by atoms with Gasteiger partial charge in [-0.2, -0.15) is 5.10 Å². The SMILES string of the molecule is COCc1nc(NC2CCC(NC(=O)C3CCC3)CC2)c2cnn(-c3ccccc3Cl)c2n1. The van der Waals surface area contributed by atoms with Gasteiger partial charge in [0.2, 0.25) is 5.91 Å².